The first-order chi connectivity index (χ1) is 11.6. The van der Waals surface area contributed by atoms with Crippen molar-refractivity contribution < 1.29 is 24.2 Å². The summed E-state index contributed by atoms with van der Waals surface area (Å²) in [5.74, 6) is -0.455. The van der Waals surface area contributed by atoms with Gasteiger partial charge in [0.2, 0.25) is 0 Å². The van der Waals surface area contributed by atoms with Gasteiger partial charge in [-0.2, -0.15) is 0 Å². The van der Waals surface area contributed by atoms with Crippen LogP contribution in [0.2, 0.25) is 0 Å². The molecule has 1 atom stereocenters. The van der Waals surface area contributed by atoms with Crippen LogP contribution in [0.15, 0.2) is 24.3 Å². The number of carboxylic acid groups (broad SMARTS) is 1. The number of ether oxygens (including phenoxy) is 2. The largest absolute Gasteiger partial charge is 0.478 e. The summed E-state index contributed by atoms with van der Waals surface area (Å²) in [4.78, 5) is 22.4. The summed E-state index contributed by atoms with van der Waals surface area (Å²) in [6, 6.07) is 6.16. The van der Waals surface area contributed by atoms with E-state index < -0.39 is 5.97 Å². The molecule has 0 bridgehead atoms. The van der Waals surface area contributed by atoms with E-state index in [9.17, 15) is 9.59 Å². The molecular formula is C17H24N2O5. The monoisotopic (exact) mass is 336 g/mol. The molecule has 0 aromatic heterocycles. The first-order valence-electron chi connectivity index (χ1n) is 8.14. The van der Waals surface area contributed by atoms with Crippen molar-refractivity contribution in [2.45, 2.75) is 19.4 Å². The van der Waals surface area contributed by atoms with Crippen LogP contribution >= 0.6 is 0 Å². The predicted molar refractivity (Wildman–Crippen MR) is 88.0 cm³/mol. The number of hydrogen-bond acceptors (Lipinski definition) is 4. The van der Waals surface area contributed by atoms with Crippen molar-refractivity contribution in [2.75, 3.05) is 33.0 Å². The maximum atomic E-state index is 11.7. The molecule has 0 radical (unpaired) electrons. The Labute approximate surface area is 141 Å². The second kappa shape index (κ2) is 9.89. The molecule has 1 aromatic carbocycles. The van der Waals surface area contributed by atoms with Gasteiger partial charge < -0.3 is 25.2 Å². The van der Waals surface area contributed by atoms with Crippen molar-refractivity contribution in [1.29, 1.82) is 0 Å². The van der Waals surface area contributed by atoms with Crippen molar-refractivity contribution in [3.63, 3.8) is 0 Å². The minimum absolute atomic E-state index is 0.229. The molecular weight excluding hydrogens is 312 g/mol. The molecule has 2 rings (SSSR count). The number of benzene rings is 1. The summed E-state index contributed by atoms with van der Waals surface area (Å²) < 4.78 is 10.8. The third kappa shape index (κ3) is 6.55. The molecule has 24 heavy (non-hydrogen) atoms. The highest BCUT2D eigenvalue weighted by Crippen LogP contribution is 2.12. The molecule has 1 saturated heterocycles. The molecule has 7 heteroatoms. The normalized spacial score (nSPS) is 16.8. The number of carbonyl (C=O) groups excluding carboxylic acids is 1. The minimum atomic E-state index is -0.963. The molecule has 1 heterocycles. The summed E-state index contributed by atoms with van der Waals surface area (Å²) in [5, 5.41) is 14.3. The van der Waals surface area contributed by atoms with Gasteiger partial charge in [0, 0.05) is 32.2 Å². The Morgan fingerprint density at radius 3 is 2.71 bits per heavy atom. The fraction of sp³-hybridized carbons (Fsp3) is 0.529. The van der Waals surface area contributed by atoms with Gasteiger partial charge in [0.05, 0.1) is 18.8 Å². The summed E-state index contributed by atoms with van der Waals surface area (Å²) in [5.41, 5.74) is 1.07. The Morgan fingerprint density at radius 2 is 2.04 bits per heavy atom. The van der Waals surface area contributed by atoms with E-state index in [2.05, 4.69) is 10.6 Å². The van der Waals surface area contributed by atoms with E-state index in [4.69, 9.17) is 14.6 Å². The first kappa shape index (κ1) is 18.2. The summed E-state index contributed by atoms with van der Waals surface area (Å²) in [6.45, 7) is 3.85. The highest BCUT2D eigenvalue weighted by Gasteiger charge is 2.15. The average Bonchev–Trinajstić information content (AvgIpc) is 3.10. The van der Waals surface area contributed by atoms with E-state index >= 15 is 0 Å². The number of urea groups is 1. The average molecular weight is 336 g/mol. The third-order valence-corrected chi connectivity index (χ3v) is 3.78. The summed E-state index contributed by atoms with van der Waals surface area (Å²) in [6.07, 6.45) is 1.82. The van der Waals surface area contributed by atoms with Crippen LogP contribution in [0.1, 0.15) is 28.8 Å². The lowest BCUT2D eigenvalue weighted by Crippen LogP contribution is -2.35. The number of hydrogen-bond donors (Lipinski definition) is 3. The van der Waals surface area contributed by atoms with E-state index in [1.54, 1.807) is 12.1 Å². The smallest absolute Gasteiger partial charge is 0.335 e. The SMILES string of the molecule is O=C(NCCCOCC1CCOC1)NCc1ccc(C(=O)O)cc1. The van der Waals surface area contributed by atoms with Gasteiger partial charge in [-0.1, -0.05) is 12.1 Å². The van der Waals surface area contributed by atoms with E-state index in [-0.39, 0.29) is 11.6 Å². The van der Waals surface area contributed by atoms with Crippen LogP contribution in [0.3, 0.4) is 0 Å². The predicted octanol–water partition coefficient (Wildman–Crippen LogP) is 1.63. The molecule has 0 aliphatic carbocycles. The quantitative estimate of drug-likeness (QED) is 0.596. The molecule has 3 N–H and O–H groups in total. The molecule has 0 spiro atoms. The van der Waals surface area contributed by atoms with Crippen LogP contribution in [0.4, 0.5) is 4.79 Å². The van der Waals surface area contributed by atoms with Crippen LogP contribution in [0.25, 0.3) is 0 Å². The van der Waals surface area contributed by atoms with Crippen LogP contribution in [-0.2, 0) is 16.0 Å². The van der Waals surface area contributed by atoms with Gasteiger partial charge in [-0.25, -0.2) is 9.59 Å². The Bertz CT molecular complexity index is 526. The van der Waals surface area contributed by atoms with Crippen molar-refractivity contribution in [3.8, 4) is 0 Å². The number of rotatable bonds is 9. The van der Waals surface area contributed by atoms with Gasteiger partial charge in [0.25, 0.3) is 0 Å². The Kier molecular flexibility index (Phi) is 7.51. The van der Waals surface area contributed by atoms with Gasteiger partial charge in [-0.3, -0.25) is 0 Å². The maximum absolute atomic E-state index is 11.7. The van der Waals surface area contributed by atoms with E-state index in [0.717, 1.165) is 38.2 Å². The molecule has 1 aromatic rings. The number of aromatic carboxylic acids is 1. The molecule has 1 unspecified atom stereocenters. The van der Waals surface area contributed by atoms with Crippen molar-refractivity contribution in [3.05, 3.63) is 35.4 Å². The second-order valence-corrected chi connectivity index (χ2v) is 5.77. The van der Waals surface area contributed by atoms with E-state index in [1.807, 2.05) is 0 Å². The molecule has 1 aliphatic heterocycles. The third-order valence-electron chi connectivity index (χ3n) is 3.78. The van der Waals surface area contributed by atoms with Crippen LogP contribution in [0.5, 0.6) is 0 Å². The van der Waals surface area contributed by atoms with Gasteiger partial charge in [-0.15, -0.1) is 0 Å². The molecule has 7 nitrogen and oxygen atoms in total. The van der Waals surface area contributed by atoms with Gasteiger partial charge in [0.1, 0.15) is 0 Å². The second-order valence-electron chi connectivity index (χ2n) is 5.77. The fourth-order valence-electron chi connectivity index (χ4n) is 2.35. The fourth-order valence-corrected chi connectivity index (χ4v) is 2.35. The lowest BCUT2D eigenvalue weighted by atomic mass is 10.1. The lowest BCUT2D eigenvalue weighted by Gasteiger charge is -2.10. The Hall–Kier alpha value is -2.12. The molecule has 132 valence electrons. The molecule has 1 aliphatic rings. The molecule has 2 amide bonds. The number of amides is 2. The zero-order valence-corrected chi connectivity index (χ0v) is 13.6. The maximum Gasteiger partial charge on any atom is 0.335 e. The van der Waals surface area contributed by atoms with Crippen molar-refractivity contribution >= 4 is 12.0 Å². The van der Waals surface area contributed by atoms with Gasteiger partial charge in [0.15, 0.2) is 0 Å². The topological polar surface area (TPSA) is 96.9 Å². The van der Waals surface area contributed by atoms with Gasteiger partial charge >= 0.3 is 12.0 Å². The molecule has 0 saturated carbocycles. The standard InChI is InChI=1S/C17H24N2O5/c20-16(21)15-4-2-13(3-5-15)10-19-17(22)18-7-1-8-23-11-14-6-9-24-12-14/h2-5,14H,1,6-12H2,(H,20,21)(H2,18,19,22). The molecule has 1 fully saturated rings. The number of carbonyl (C=O) groups is 2. The lowest BCUT2D eigenvalue weighted by molar-refractivity contribution is 0.0696. The number of carboxylic acids is 1. The van der Waals surface area contributed by atoms with E-state index in [1.165, 1.54) is 12.1 Å². The van der Waals surface area contributed by atoms with Crippen molar-refractivity contribution in [1.82, 2.24) is 10.6 Å². The Morgan fingerprint density at radius 1 is 1.25 bits per heavy atom. The zero-order chi connectivity index (χ0) is 17.2. The van der Waals surface area contributed by atoms with Crippen LogP contribution < -0.4 is 10.6 Å². The highest BCUT2D eigenvalue weighted by atomic mass is 16.5. The van der Waals surface area contributed by atoms with Crippen molar-refractivity contribution in [2.24, 2.45) is 5.92 Å². The summed E-state index contributed by atoms with van der Waals surface area (Å²) in [7, 11) is 0. The van der Waals surface area contributed by atoms with Gasteiger partial charge in [-0.05, 0) is 30.5 Å². The number of nitrogens with one attached hydrogen (secondary N) is 2. The Balaban J connectivity index is 1.50. The summed E-state index contributed by atoms with van der Waals surface area (Å²) >= 11 is 0. The zero-order valence-electron chi connectivity index (χ0n) is 13.6. The van der Waals surface area contributed by atoms with Crippen LogP contribution in [-0.4, -0.2) is 50.1 Å². The first-order valence-corrected chi connectivity index (χ1v) is 8.14. The van der Waals surface area contributed by atoms with Crippen LogP contribution in [0, 0.1) is 5.92 Å². The minimum Gasteiger partial charge on any atom is -0.478 e. The van der Waals surface area contributed by atoms with E-state index in [0.29, 0.717) is 25.6 Å². The highest BCUT2D eigenvalue weighted by molar-refractivity contribution is 5.87.